The topological polar surface area (TPSA) is 64.8 Å². The van der Waals surface area contributed by atoms with E-state index in [9.17, 15) is 4.79 Å². The Morgan fingerprint density at radius 1 is 1.04 bits per heavy atom. The van der Waals surface area contributed by atoms with Crippen LogP contribution in [0.1, 0.15) is 24.1 Å². The summed E-state index contributed by atoms with van der Waals surface area (Å²) in [6, 6.07) is 12.9. The molecule has 2 aromatic rings. The number of carbonyl (C=O) groups excluding carboxylic acids is 1. The van der Waals surface area contributed by atoms with E-state index in [0.29, 0.717) is 11.5 Å². The number of carbonyl (C=O) groups is 1. The molecule has 2 N–H and O–H groups in total. The van der Waals surface area contributed by atoms with E-state index in [1.165, 1.54) is 5.56 Å². The number of rotatable bonds is 5. The number of aryl methyl sites for hydroxylation is 1. The molecule has 2 atom stereocenters. The van der Waals surface area contributed by atoms with E-state index in [-0.39, 0.29) is 11.9 Å². The molecule has 1 aliphatic heterocycles. The summed E-state index contributed by atoms with van der Waals surface area (Å²) in [5, 5.41) is 0. The molecule has 1 fully saturated rings. The van der Waals surface area contributed by atoms with Gasteiger partial charge in [-0.3, -0.25) is 4.79 Å². The van der Waals surface area contributed by atoms with Gasteiger partial charge in [-0.05, 0) is 41.8 Å². The molecule has 0 aromatic heterocycles. The number of nitrogens with two attached hydrogens (primary N) is 1. The Labute approximate surface area is 142 Å². The largest absolute Gasteiger partial charge is 0.493 e. The third-order valence-corrected chi connectivity index (χ3v) is 4.51. The van der Waals surface area contributed by atoms with E-state index in [1.54, 1.807) is 19.1 Å². The van der Waals surface area contributed by atoms with Gasteiger partial charge in [-0.25, -0.2) is 0 Å². The van der Waals surface area contributed by atoms with Gasteiger partial charge in [-0.15, -0.1) is 0 Å². The van der Waals surface area contributed by atoms with Crippen molar-refractivity contribution in [2.75, 3.05) is 19.1 Å². The fourth-order valence-corrected chi connectivity index (χ4v) is 3.08. The van der Waals surface area contributed by atoms with Crippen LogP contribution in [-0.2, 0) is 11.2 Å². The molecule has 0 aliphatic carbocycles. The molecule has 0 saturated carbocycles. The van der Waals surface area contributed by atoms with E-state index in [4.69, 9.17) is 15.2 Å². The Morgan fingerprint density at radius 2 is 1.71 bits per heavy atom. The van der Waals surface area contributed by atoms with Gasteiger partial charge in [0, 0.05) is 5.69 Å². The predicted molar refractivity (Wildman–Crippen MR) is 93.6 cm³/mol. The SMILES string of the molecule is CCc1ccc(N2C(=O)C(N)C2c2ccc(OC)c(OC)c2)cc1. The molecule has 126 valence electrons. The normalized spacial score (nSPS) is 19.8. The second-order valence-corrected chi connectivity index (χ2v) is 5.81. The van der Waals surface area contributed by atoms with Gasteiger partial charge in [0.25, 0.3) is 0 Å². The average Bonchev–Trinajstić information content (AvgIpc) is 2.64. The fraction of sp³-hybridized carbons (Fsp3) is 0.316. The van der Waals surface area contributed by atoms with Crippen molar-refractivity contribution in [3.8, 4) is 11.5 Å². The number of methoxy groups -OCH3 is 2. The highest BCUT2D eigenvalue weighted by molar-refractivity contribution is 6.05. The van der Waals surface area contributed by atoms with Gasteiger partial charge in [0.05, 0.1) is 20.3 Å². The lowest BCUT2D eigenvalue weighted by Crippen LogP contribution is -2.63. The minimum Gasteiger partial charge on any atom is -0.493 e. The Kier molecular flexibility index (Phi) is 4.44. The van der Waals surface area contributed by atoms with Crippen LogP contribution >= 0.6 is 0 Å². The molecule has 1 aliphatic rings. The number of benzene rings is 2. The van der Waals surface area contributed by atoms with Crippen molar-refractivity contribution in [3.63, 3.8) is 0 Å². The second-order valence-electron chi connectivity index (χ2n) is 5.81. The zero-order valence-electron chi connectivity index (χ0n) is 14.2. The summed E-state index contributed by atoms with van der Waals surface area (Å²) in [5.74, 6) is 1.21. The third kappa shape index (κ3) is 2.61. The molecule has 0 bridgehead atoms. The molecular formula is C19H22N2O3. The van der Waals surface area contributed by atoms with Crippen LogP contribution < -0.4 is 20.1 Å². The number of nitrogens with zero attached hydrogens (tertiary/aromatic N) is 1. The van der Waals surface area contributed by atoms with Crippen LogP contribution in [0.3, 0.4) is 0 Å². The Bertz CT molecular complexity index is 743. The highest BCUT2D eigenvalue weighted by atomic mass is 16.5. The number of ether oxygens (including phenoxy) is 2. The Hall–Kier alpha value is -2.53. The van der Waals surface area contributed by atoms with E-state index < -0.39 is 6.04 Å². The third-order valence-electron chi connectivity index (χ3n) is 4.51. The van der Waals surface area contributed by atoms with Crippen molar-refractivity contribution in [2.45, 2.75) is 25.4 Å². The number of hydrogen-bond acceptors (Lipinski definition) is 4. The van der Waals surface area contributed by atoms with Gasteiger partial charge in [-0.1, -0.05) is 25.1 Å². The highest BCUT2D eigenvalue weighted by Gasteiger charge is 2.46. The zero-order chi connectivity index (χ0) is 17.3. The molecule has 1 heterocycles. The van der Waals surface area contributed by atoms with Crippen LogP contribution in [0.15, 0.2) is 42.5 Å². The summed E-state index contributed by atoms with van der Waals surface area (Å²) in [6.07, 6.45) is 0.965. The summed E-state index contributed by atoms with van der Waals surface area (Å²) in [7, 11) is 3.19. The summed E-state index contributed by atoms with van der Waals surface area (Å²) in [6.45, 7) is 2.10. The molecule has 2 unspecified atom stereocenters. The van der Waals surface area contributed by atoms with Crippen molar-refractivity contribution in [1.29, 1.82) is 0 Å². The van der Waals surface area contributed by atoms with E-state index in [0.717, 1.165) is 17.7 Å². The molecule has 0 radical (unpaired) electrons. The van der Waals surface area contributed by atoms with E-state index in [1.807, 2.05) is 42.5 Å². The minimum atomic E-state index is -0.547. The van der Waals surface area contributed by atoms with Crippen LogP contribution in [0.5, 0.6) is 11.5 Å². The number of β-lactam (4-membered cyclic amide) rings is 1. The van der Waals surface area contributed by atoms with Gasteiger partial charge in [0.1, 0.15) is 6.04 Å². The lowest BCUT2D eigenvalue weighted by atomic mass is 9.88. The minimum absolute atomic E-state index is 0.0703. The van der Waals surface area contributed by atoms with Crippen molar-refractivity contribution in [1.82, 2.24) is 0 Å². The Morgan fingerprint density at radius 3 is 2.29 bits per heavy atom. The van der Waals surface area contributed by atoms with Crippen LogP contribution in [0.2, 0.25) is 0 Å². The van der Waals surface area contributed by atoms with Gasteiger partial charge >= 0.3 is 0 Å². The van der Waals surface area contributed by atoms with Crippen LogP contribution in [0.4, 0.5) is 5.69 Å². The van der Waals surface area contributed by atoms with Crippen molar-refractivity contribution in [2.24, 2.45) is 5.73 Å². The van der Waals surface area contributed by atoms with Crippen LogP contribution in [0.25, 0.3) is 0 Å². The quantitative estimate of drug-likeness (QED) is 0.858. The fourth-order valence-electron chi connectivity index (χ4n) is 3.08. The smallest absolute Gasteiger partial charge is 0.247 e. The first-order valence-corrected chi connectivity index (χ1v) is 8.00. The number of hydrogen-bond donors (Lipinski definition) is 1. The summed E-state index contributed by atoms with van der Waals surface area (Å²) >= 11 is 0. The maximum absolute atomic E-state index is 12.3. The first-order chi connectivity index (χ1) is 11.6. The molecule has 24 heavy (non-hydrogen) atoms. The van der Waals surface area contributed by atoms with Gasteiger partial charge in [0.2, 0.25) is 5.91 Å². The first kappa shape index (κ1) is 16.3. The second kappa shape index (κ2) is 6.53. The molecular weight excluding hydrogens is 304 g/mol. The summed E-state index contributed by atoms with van der Waals surface area (Å²) in [5.41, 5.74) is 9.11. The summed E-state index contributed by atoms with van der Waals surface area (Å²) < 4.78 is 10.6. The standard InChI is InChI=1S/C19H22N2O3/c1-4-12-5-8-14(9-6-12)21-18(17(20)19(21)22)13-7-10-15(23-2)16(11-13)24-3/h5-11,17-18H,4,20H2,1-3H3. The van der Waals surface area contributed by atoms with Crippen molar-refractivity contribution >= 4 is 11.6 Å². The Balaban J connectivity index is 1.94. The van der Waals surface area contributed by atoms with E-state index in [2.05, 4.69) is 6.92 Å². The van der Waals surface area contributed by atoms with Crippen LogP contribution in [0, 0.1) is 0 Å². The van der Waals surface area contributed by atoms with Crippen molar-refractivity contribution < 1.29 is 14.3 Å². The molecule has 2 aromatic carbocycles. The first-order valence-electron chi connectivity index (χ1n) is 8.00. The van der Waals surface area contributed by atoms with Gasteiger partial charge < -0.3 is 20.1 Å². The van der Waals surface area contributed by atoms with E-state index >= 15 is 0 Å². The average molecular weight is 326 g/mol. The molecule has 1 amide bonds. The predicted octanol–water partition coefficient (Wildman–Crippen LogP) is 2.68. The highest BCUT2D eigenvalue weighted by Crippen LogP contribution is 2.40. The molecule has 3 rings (SSSR count). The summed E-state index contributed by atoms with van der Waals surface area (Å²) in [4.78, 5) is 14.1. The zero-order valence-corrected chi connectivity index (χ0v) is 14.2. The van der Waals surface area contributed by atoms with Crippen molar-refractivity contribution in [3.05, 3.63) is 53.6 Å². The van der Waals surface area contributed by atoms with Crippen LogP contribution in [-0.4, -0.2) is 26.2 Å². The number of anilines is 1. The molecule has 5 heteroatoms. The maximum Gasteiger partial charge on any atom is 0.247 e. The molecule has 0 spiro atoms. The monoisotopic (exact) mass is 326 g/mol. The maximum atomic E-state index is 12.3. The van der Waals surface area contributed by atoms with Gasteiger partial charge in [0.15, 0.2) is 11.5 Å². The molecule has 5 nitrogen and oxygen atoms in total. The lowest BCUT2D eigenvalue weighted by molar-refractivity contribution is -0.126. The van der Waals surface area contributed by atoms with Gasteiger partial charge in [-0.2, -0.15) is 0 Å². The lowest BCUT2D eigenvalue weighted by Gasteiger charge is -2.45. The molecule has 1 saturated heterocycles. The number of amides is 1.